The molecule has 4 saturated heterocycles. The molecule has 2 aromatic rings. The minimum Gasteiger partial charge on any atom is -0.496 e. The first-order valence-corrected chi connectivity index (χ1v) is 17.5. The van der Waals surface area contributed by atoms with Crippen LogP contribution >= 0.6 is 31.9 Å². The van der Waals surface area contributed by atoms with Crippen molar-refractivity contribution in [2.24, 2.45) is 35.5 Å². The van der Waals surface area contributed by atoms with Crippen LogP contribution in [0.3, 0.4) is 0 Å². The molecule has 0 spiro atoms. The molecule has 8 nitrogen and oxygen atoms in total. The Morgan fingerprint density at radius 1 is 0.739 bits per heavy atom. The predicted molar refractivity (Wildman–Crippen MR) is 175 cm³/mol. The number of hydrogen-bond donors (Lipinski definition) is 0. The second kappa shape index (κ2) is 12.1. The first kappa shape index (κ1) is 31.9. The maximum Gasteiger partial charge on any atom is 0.154 e. The molecule has 10 heteroatoms. The van der Waals surface area contributed by atoms with Crippen LogP contribution in [-0.2, 0) is 28.7 Å². The molecule has 2 aromatic carbocycles. The molecule has 0 N–H and O–H groups in total. The van der Waals surface area contributed by atoms with Gasteiger partial charge in [-0.3, -0.25) is 19.2 Å². The van der Waals surface area contributed by atoms with Gasteiger partial charge in [-0.05, 0) is 43.0 Å². The molecule has 2 unspecified atom stereocenters. The number of carbonyl (C=O) groups is 4. The van der Waals surface area contributed by atoms with E-state index >= 15 is 0 Å². The Balaban J connectivity index is 0.000000147. The van der Waals surface area contributed by atoms with E-state index in [0.717, 1.165) is 28.2 Å². The van der Waals surface area contributed by atoms with Gasteiger partial charge in [-0.2, -0.15) is 0 Å². The van der Waals surface area contributed by atoms with Crippen LogP contribution in [0.4, 0.5) is 0 Å². The molecule has 0 aromatic heterocycles. The summed E-state index contributed by atoms with van der Waals surface area (Å²) in [6.07, 6.45) is 4.08. The highest BCUT2D eigenvalue weighted by molar-refractivity contribution is 9.10. The second-order valence-corrected chi connectivity index (χ2v) is 15.0. The first-order chi connectivity index (χ1) is 22.1. The summed E-state index contributed by atoms with van der Waals surface area (Å²) in [5, 5.41) is 0. The molecule has 242 valence electrons. The van der Waals surface area contributed by atoms with Gasteiger partial charge in [-0.25, -0.2) is 0 Å². The Bertz CT molecular complexity index is 1640. The molecule has 2 saturated carbocycles. The third-order valence-corrected chi connectivity index (χ3v) is 12.2. The number of Topliss-reactive ketones (excluding diaryl/α,β-unsaturated/α-hetero) is 4. The summed E-state index contributed by atoms with van der Waals surface area (Å²) in [7, 11) is 3.12. The highest BCUT2D eigenvalue weighted by Crippen LogP contribution is 2.57. The number of halogens is 2. The van der Waals surface area contributed by atoms with Gasteiger partial charge < -0.3 is 18.9 Å². The number of ketones is 4. The average molecular weight is 756 g/mol. The number of rotatable bonds is 6. The molecule has 4 bridgehead atoms. The maximum atomic E-state index is 13.0. The van der Waals surface area contributed by atoms with Crippen molar-refractivity contribution in [1.29, 1.82) is 0 Å². The summed E-state index contributed by atoms with van der Waals surface area (Å²) in [5.41, 5.74) is 1.35. The zero-order chi connectivity index (χ0) is 32.6. The number of hydrogen-bond acceptors (Lipinski definition) is 8. The van der Waals surface area contributed by atoms with Gasteiger partial charge in [0.1, 0.15) is 23.3 Å². The minimum absolute atomic E-state index is 0.0164. The summed E-state index contributed by atoms with van der Waals surface area (Å²) in [6, 6.07) is 10.9. The first-order valence-electron chi connectivity index (χ1n) is 15.9. The highest BCUT2D eigenvalue weighted by atomic mass is 79.9. The van der Waals surface area contributed by atoms with Crippen LogP contribution < -0.4 is 9.47 Å². The van der Waals surface area contributed by atoms with Crippen molar-refractivity contribution in [3.63, 3.8) is 0 Å². The topological polar surface area (TPSA) is 105 Å². The number of benzene rings is 2. The minimum atomic E-state index is -0.731. The van der Waals surface area contributed by atoms with E-state index in [-0.39, 0.29) is 77.1 Å². The number of methoxy groups -OCH3 is 2. The Morgan fingerprint density at radius 2 is 1.20 bits per heavy atom. The van der Waals surface area contributed by atoms with Crippen molar-refractivity contribution in [3.05, 3.63) is 69.1 Å². The molecule has 2 aliphatic carbocycles. The highest BCUT2D eigenvalue weighted by Gasteiger charge is 2.66. The molecule has 6 aliphatic rings. The second-order valence-electron chi connectivity index (χ2n) is 13.2. The summed E-state index contributed by atoms with van der Waals surface area (Å²) >= 11 is 6.79. The fourth-order valence-electron chi connectivity index (χ4n) is 9.16. The number of carbonyl (C=O) groups excluding carboxylic acids is 4. The molecular formula is C36H36Br2O8. The third-order valence-electron chi connectivity index (χ3n) is 11.2. The van der Waals surface area contributed by atoms with Gasteiger partial charge in [-0.15, -0.1) is 6.58 Å². The normalized spacial score (nSPS) is 38.1. The van der Waals surface area contributed by atoms with Crippen molar-refractivity contribution >= 4 is 55.0 Å². The van der Waals surface area contributed by atoms with Gasteiger partial charge in [0.25, 0.3) is 0 Å². The predicted octanol–water partition coefficient (Wildman–Crippen LogP) is 6.02. The lowest BCUT2D eigenvalue weighted by Gasteiger charge is -2.24. The van der Waals surface area contributed by atoms with E-state index in [4.69, 9.17) is 18.9 Å². The van der Waals surface area contributed by atoms with Gasteiger partial charge in [0.2, 0.25) is 0 Å². The number of fused-ring (bicyclic) bond motifs is 10. The monoisotopic (exact) mass is 754 g/mol. The van der Waals surface area contributed by atoms with E-state index in [1.165, 1.54) is 0 Å². The number of ether oxygens (including phenoxy) is 4. The third kappa shape index (κ3) is 4.72. The van der Waals surface area contributed by atoms with Crippen LogP contribution in [-0.4, -0.2) is 61.8 Å². The lowest BCUT2D eigenvalue weighted by atomic mass is 9.74. The fraction of sp³-hybridized carbons (Fsp3) is 0.500. The smallest absolute Gasteiger partial charge is 0.154 e. The molecule has 4 heterocycles. The van der Waals surface area contributed by atoms with Gasteiger partial charge in [0.15, 0.2) is 23.1 Å². The van der Waals surface area contributed by atoms with E-state index in [9.17, 15) is 19.2 Å². The van der Waals surface area contributed by atoms with E-state index < -0.39 is 11.8 Å². The van der Waals surface area contributed by atoms with Crippen LogP contribution in [0.2, 0.25) is 0 Å². The van der Waals surface area contributed by atoms with E-state index in [2.05, 4.69) is 45.4 Å². The molecular weight excluding hydrogens is 720 g/mol. The van der Waals surface area contributed by atoms with Crippen molar-refractivity contribution in [1.82, 2.24) is 0 Å². The zero-order valence-corrected chi connectivity index (χ0v) is 29.0. The molecule has 6 fully saturated rings. The zero-order valence-electron chi connectivity index (χ0n) is 25.8. The van der Waals surface area contributed by atoms with Crippen molar-refractivity contribution in [2.45, 2.75) is 62.4 Å². The van der Waals surface area contributed by atoms with Crippen molar-refractivity contribution in [2.75, 3.05) is 14.2 Å². The quantitative estimate of drug-likeness (QED) is 0.261. The van der Waals surface area contributed by atoms with Crippen LogP contribution in [0.15, 0.2) is 58.0 Å². The van der Waals surface area contributed by atoms with Gasteiger partial charge in [0, 0.05) is 26.0 Å². The Labute approximate surface area is 284 Å². The lowest BCUT2D eigenvalue weighted by Crippen LogP contribution is -2.34. The largest absolute Gasteiger partial charge is 0.496 e. The molecule has 8 rings (SSSR count). The van der Waals surface area contributed by atoms with Gasteiger partial charge in [0.05, 0.1) is 62.3 Å². The molecule has 0 amide bonds. The molecule has 4 aliphatic heterocycles. The van der Waals surface area contributed by atoms with Crippen LogP contribution in [0.1, 0.15) is 49.1 Å². The van der Waals surface area contributed by atoms with Gasteiger partial charge >= 0.3 is 0 Å². The van der Waals surface area contributed by atoms with Crippen LogP contribution in [0.5, 0.6) is 11.5 Å². The lowest BCUT2D eigenvalue weighted by molar-refractivity contribution is -0.129. The Hall–Kier alpha value is -2.66. The fourth-order valence-corrected chi connectivity index (χ4v) is 9.84. The summed E-state index contributed by atoms with van der Waals surface area (Å²) in [5.74, 6) is -0.853. The molecule has 46 heavy (non-hydrogen) atoms. The summed E-state index contributed by atoms with van der Waals surface area (Å²) < 4.78 is 24.4. The van der Waals surface area contributed by atoms with Crippen LogP contribution in [0.25, 0.3) is 0 Å². The van der Waals surface area contributed by atoms with Gasteiger partial charge in [-0.1, -0.05) is 63.4 Å². The van der Waals surface area contributed by atoms with E-state index in [0.29, 0.717) is 28.5 Å². The van der Waals surface area contributed by atoms with Crippen molar-refractivity contribution < 1.29 is 38.1 Å². The molecule has 0 radical (unpaired) electrons. The Morgan fingerprint density at radius 3 is 1.67 bits per heavy atom. The average Bonchev–Trinajstić information content (AvgIpc) is 3.89. The van der Waals surface area contributed by atoms with E-state index in [1.54, 1.807) is 26.4 Å². The molecule has 12 atom stereocenters. The van der Waals surface area contributed by atoms with E-state index in [1.807, 2.05) is 30.3 Å². The summed E-state index contributed by atoms with van der Waals surface area (Å²) in [6.45, 7) is 5.96. The SMILES string of the molecule is C=C[C@@H]1C[C@@H]2O[C@H]1[C@H]1C(=O)C(c3ccc(Br)cc3OC)C(=O)[C@H]12.CC[C@@H]1C[C@@H]2O[C@H]1[C@H]1C(=O)C(c3ccc(Br)cc3OC)C(=O)[C@H]12. The Kier molecular flexibility index (Phi) is 8.39. The maximum absolute atomic E-state index is 13.0. The van der Waals surface area contributed by atoms with Crippen LogP contribution in [0, 0.1) is 35.5 Å². The standard InChI is InChI=1S/C18H19BrO4.C18H17BrO4/c2*1-3-8-6-12-14-15(18(8)23-12)17(21)13(16(14)20)10-5-4-9(19)7-11(10)22-2/h4-5,7-8,12-15,18H,3,6H2,1-2H3;3-5,7-8,12-15,18H,1,6H2,2H3/t2*8-,12+,13?,14+,15-,18-/m11/s1. The summed E-state index contributed by atoms with van der Waals surface area (Å²) in [4.78, 5) is 51.9. The van der Waals surface area contributed by atoms with Crippen molar-refractivity contribution in [3.8, 4) is 11.5 Å².